The van der Waals surface area contributed by atoms with Crippen molar-refractivity contribution < 1.29 is 4.55 Å². The average molecular weight is 484 g/mol. The summed E-state index contributed by atoms with van der Waals surface area (Å²) >= 11 is -1.14. The van der Waals surface area contributed by atoms with Crippen LogP contribution in [0.25, 0.3) is 38.9 Å². The number of rotatable bonds is 5. The molecule has 7 heteroatoms. The summed E-state index contributed by atoms with van der Waals surface area (Å²) in [5, 5.41) is 9.61. The van der Waals surface area contributed by atoms with Gasteiger partial charge in [-0.15, -0.1) is 14.9 Å². The Bertz CT molecular complexity index is 1490. The SMILES string of the molecule is Cc1nnc2c3cc(-c4ccccc4)c(-c4ccc([C@@H](C)N[S+]([O-])C(C)(C)C)cc4)nc3ccn12. The van der Waals surface area contributed by atoms with E-state index in [1.807, 2.05) is 69.5 Å². The fraction of sp³-hybridized carbons (Fsp3) is 0.250. The standard InChI is InChI=1S/C28H29N5OS/c1-18(32-35(34)28(3,4)5)20-11-13-22(14-12-20)26-23(21-9-7-6-8-10-21)17-24-25(29-26)15-16-33-19(2)30-31-27(24)33/h6-18,32H,1-5H3/t18-,35?/m1/s1. The first kappa shape index (κ1) is 23.5. The van der Waals surface area contributed by atoms with Crippen LogP contribution in [0.5, 0.6) is 0 Å². The van der Waals surface area contributed by atoms with E-state index in [1.54, 1.807) is 0 Å². The lowest BCUT2D eigenvalue weighted by atomic mass is 9.96. The molecule has 0 aliphatic heterocycles. The Labute approximate surface area is 208 Å². The Balaban J connectivity index is 1.59. The lowest BCUT2D eigenvalue weighted by Gasteiger charge is -2.26. The highest BCUT2D eigenvalue weighted by Gasteiger charge is 2.28. The van der Waals surface area contributed by atoms with Gasteiger partial charge in [0.15, 0.2) is 5.65 Å². The number of pyridine rings is 2. The number of hydrogen-bond acceptors (Lipinski definition) is 5. The van der Waals surface area contributed by atoms with Gasteiger partial charge in [-0.05, 0) is 57.9 Å². The van der Waals surface area contributed by atoms with Gasteiger partial charge in [-0.1, -0.05) is 54.6 Å². The van der Waals surface area contributed by atoms with Crippen molar-refractivity contribution in [3.8, 4) is 22.4 Å². The normalized spacial score (nSPS) is 13.9. The molecule has 0 aliphatic rings. The Morgan fingerprint density at radius 1 is 0.943 bits per heavy atom. The van der Waals surface area contributed by atoms with E-state index < -0.39 is 11.4 Å². The number of fused-ring (bicyclic) bond motifs is 3. The Kier molecular flexibility index (Phi) is 6.09. The van der Waals surface area contributed by atoms with Crippen LogP contribution >= 0.6 is 0 Å². The molecule has 0 saturated heterocycles. The number of benzene rings is 2. The van der Waals surface area contributed by atoms with Crippen LogP contribution in [0, 0.1) is 6.92 Å². The van der Waals surface area contributed by atoms with E-state index in [-0.39, 0.29) is 10.8 Å². The molecule has 178 valence electrons. The molecule has 5 rings (SSSR count). The van der Waals surface area contributed by atoms with Gasteiger partial charge in [0.25, 0.3) is 0 Å². The molecule has 2 atom stereocenters. The first-order valence-corrected chi connectivity index (χ1v) is 12.9. The molecule has 1 unspecified atom stereocenters. The number of nitrogens with one attached hydrogen (secondary N) is 1. The van der Waals surface area contributed by atoms with Crippen LogP contribution in [0.1, 0.15) is 45.1 Å². The van der Waals surface area contributed by atoms with Gasteiger partial charge in [-0.2, -0.15) is 0 Å². The maximum absolute atomic E-state index is 12.5. The average Bonchev–Trinajstić information content (AvgIpc) is 3.24. The minimum atomic E-state index is -1.14. The number of nitrogens with zero attached hydrogens (tertiary/aromatic N) is 4. The zero-order valence-corrected chi connectivity index (χ0v) is 21.4. The zero-order chi connectivity index (χ0) is 24.7. The summed E-state index contributed by atoms with van der Waals surface area (Å²) < 4.78 is 17.4. The molecule has 35 heavy (non-hydrogen) atoms. The Morgan fingerprint density at radius 2 is 1.66 bits per heavy atom. The van der Waals surface area contributed by atoms with E-state index in [9.17, 15) is 4.55 Å². The van der Waals surface area contributed by atoms with Crippen molar-refractivity contribution >= 4 is 27.9 Å². The van der Waals surface area contributed by atoms with Gasteiger partial charge in [-0.3, -0.25) is 4.40 Å². The Hall–Kier alpha value is -3.26. The van der Waals surface area contributed by atoms with Crippen LogP contribution in [0.15, 0.2) is 72.9 Å². The van der Waals surface area contributed by atoms with Crippen LogP contribution in [-0.4, -0.2) is 28.9 Å². The van der Waals surface area contributed by atoms with Crippen LogP contribution < -0.4 is 4.72 Å². The molecule has 2 aromatic carbocycles. The van der Waals surface area contributed by atoms with E-state index >= 15 is 0 Å². The van der Waals surface area contributed by atoms with Crippen molar-refractivity contribution in [3.63, 3.8) is 0 Å². The molecule has 0 saturated carbocycles. The molecule has 0 spiro atoms. The summed E-state index contributed by atoms with van der Waals surface area (Å²) in [7, 11) is 0. The predicted molar refractivity (Wildman–Crippen MR) is 143 cm³/mol. The fourth-order valence-corrected chi connectivity index (χ4v) is 4.91. The molecular formula is C28H29N5OS. The largest absolute Gasteiger partial charge is 0.598 e. The van der Waals surface area contributed by atoms with Gasteiger partial charge in [0.1, 0.15) is 10.6 Å². The van der Waals surface area contributed by atoms with Gasteiger partial charge in [0.05, 0.1) is 17.3 Å². The van der Waals surface area contributed by atoms with Gasteiger partial charge in [0.2, 0.25) is 0 Å². The quantitative estimate of drug-likeness (QED) is 0.309. The minimum absolute atomic E-state index is 0.0354. The second-order valence-corrected chi connectivity index (χ2v) is 11.8. The second-order valence-electron chi connectivity index (χ2n) is 9.78. The molecule has 0 aliphatic carbocycles. The maximum atomic E-state index is 12.5. The molecule has 5 aromatic rings. The van der Waals surface area contributed by atoms with E-state index in [2.05, 4.69) is 57.4 Å². The van der Waals surface area contributed by atoms with Crippen molar-refractivity contribution in [2.45, 2.75) is 45.4 Å². The fourth-order valence-electron chi connectivity index (χ4n) is 4.10. The highest BCUT2D eigenvalue weighted by molar-refractivity contribution is 7.90. The molecule has 6 nitrogen and oxygen atoms in total. The number of aryl methyl sites for hydroxylation is 1. The summed E-state index contributed by atoms with van der Waals surface area (Å²) in [5.74, 6) is 0.845. The van der Waals surface area contributed by atoms with Gasteiger partial charge in [-0.25, -0.2) is 4.98 Å². The lowest BCUT2D eigenvalue weighted by Crippen LogP contribution is -2.40. The van der Waals surface area contributed by atoms with Crippen molar-refractivity contribution in [3.05, 3.63) is 84.3 Å². The smallest absolute Gasteiger partial charge is 0.170 e. The topological polar surface area (TPSA) is 78.2 Å². The molecule has 1 N–H and O–H groups in total. The number of aromatic nitrogens is 4. The van der Waals surface area contributed by atoms with Gasteiger partial charge in [0, 0.05) is 34.1 Å². The summed E-state index contributed by atoms with van der Waals surface area (Å²) in [6.07, 6.45) is 1.97. The van der Waals surface area contributed by atoms with Crippen molar-refractivity contribution in [2.24, 2.45) is 0 Å². The predicted octanol–water partition coefficient (Wildman–Crippen LogP) is 6.03. The Morgan fingerprint density at radius 3 is 2.34 bits per heavy atom. The third kappa shape index (κ3) is 4.55. The molecule has 3 heterocycles. The van der Waals surface area contributed by atoms with Crippen LogP contribution in [0.2, 0.25) is 0 Å². The van der Waals surface area contributed by atoms with E-state index in [4.69, 9.17) is 4.98 Å². The first-order valence-electron chi connectivity index (χ1n) is 11.7. The highest BCUT2D eigenvalue weighted by atomic mass is 32.2. The monoisotopic (exact) mass is 483 g/mol. The third-order valence-corrected chi connectivity index (χ3v) is 7.83. The van der Waals surface area contributed by atoms with Crippen molar-refractivity contribution in [1.82, 2.24) is 24.3 Å². The summed E-state index contributed by atoms with van der Waals surface area (Å²) in [6.45, 7) is 9.89. The van der Waals surface area contributed by atoms with Crippen LogP contribution in [0.4, 0.5) is 0 Å². The highest BCUT2D eigenvalue weighted by Crippen LogP contribution is 2.35. The molecule has 3 aromatic heterocycles. The van der Waals surface area contributed by atoms with Crippen LogP contribution in [0.3, 0.4) is 0 Å². The van der Waals surface area contributed by atoms with Crippen molar-refractivity contribution in [2.75, 3.05) is 0 Å². The van der Waals surface area contributed by atoms with Crippen molar-refractivity contribution in [1.29, 1.82) is 0 Å². The minimum Gasteiger partial charge on any atom is -0.598 e. The first-order chi connectivity index (χ1) is 16.7. The number of hydrogen-bond donors (Lipinski definition) is 1. The summed E-state index contributed by atoms with van der Waals surface area (Å²) in [4.78, 5) is 5.09. The van der Waals surface area contributed by atoms with E-state index in [0.717, 1.165) is 50.3 Å². The second kappa shape index (κ2) is 9.07. The van der Waals surface area contributed by atoms with Gasteiger partial charge < -0.3 is 4.55 Å². The molecule has 0 bridgehead atoms. The maximum Gasteiger partial charge on any atom is 0.170 e. The van der Waals surface area contributed by atoms with E-state index in [1.165, 1.54) is 0 Å². The lowest BCUT2D eigenvalue weighted by molar-refractivity contribution is 0.531. The summed E-state index contributed by atoms with van der Waals surface area (Å²) in [5.41, 5.74) is 6.83. The van der Waals surface area contributed by atoms with Crippen LogP contribution in [-0.2, 0) is 11.4 Å². The summed E-state index contributed by atoms with van der Waals surface area (Å²) in [6, 6.07) is 22.8. The van der Waals surface area contributed by atoms with E-state index in [0.29, 0.717) is 0 Å². The molecule has 0 radical (unpaired) electrons. The molecule has 0 amide bonds. The zero-order valence-electron chi connectivity index (χ0n) is 20.6. The van der Waals surface area contributed by atoms with Gasteiger partial charge >= 0.3 is 0 Å². The third-order valence-electron chi connectivity index (χ3n) is 6.15. The molecular weight excluding hydrogens is 454 g/mol. The molecule has 0 fully saturated rings.